The molecule has 1 heterocycles. The number of aliphatic carboxylic acids is 1. The second-order valence-corrected chi connectivity index (χ2v) is 5.00. The van der Waals surface area contributed by atoms with Gasteiger partial charge in [0.2, 0.25) is 5.91 Å². The predicted molar refractivity (Wildman–Crippen MR) is 79.9 cm³/mol. The highest BCUT2D eigenvalue weighted by Gasteiger charge is 2.05. The van der Waals surface area contributed by atoms with Crippen LogP contribution in [0.15, 0.2) is 42.7 Å². The Bertz CT molecular complexity index is 623. The summed E-state index contributed by atoms with van der Waals surface area (Å²) in [6, 6.07) is 9.82. The van der Waals surface area contributed by atoms with E-state index < -0.39 is 5.97 Å². The maximum Gasteiger partial charge on any atom is 0.224 e. The quantitative estimate of drug-likeness (QED) is 0.787. The van der Waals surface area contributed by atoms with Crippen molar-refractivity contribution in [1.29, 1.82) is 0 Å². The van der Waals surface area contributed by atoms with E-state index in [0.29, 0.717) is 31.5 Å². The van der Waals surface area contributed by atoms with Crippen molar-refractivity contribution in [1.82, 2.24) is 9.78 Å². The molecule has 0 atom stereocenters. The first-order valence-electron chi connectivity index (χ1n) is 7.19. The van der Waals surface area contributed by atoms with Gasteiger partial charge in [-0.05, 0) is 24.8 Å². The fourth-order valence-electron chi connectivity index (χ4n) is 2.06. The number of carbonyl (C=O) groups is 2. The van der Waals surface area contributed by atoms with Crippen LogP contribution in [0.25, 0.3) is 0 Å². The molecule has 1 N–H and O–H groups in total. The third kappa shape index (κ3) is 5.40. The van der Waals surface area contributed by atoms with E-state index >= 15 is 0 Å². The van der Waals surface area contributed by atoms with Gasteiger partial charge in [-0.25, -0.2) is 0 Å². The fraction of sp³-hybridized carbons (Fsp3) is 0.312. The molecule has 2 rings (SSSR count). The minimum absolute atomic E-state index is 0.00136. The van der Waals surface area contributed by atoms with Gasteiger partial charge in [0.1, 0.15) is 0 Å². The summed E-state index contributed by atoms with van der Waals surface area (Å²) in [5, 5.41) is 17.2. The number of aryl methyl sites for hydroxylation is 2. The number of hydrogen-bond donors (Lipinski definition) is 1. The number of amides is 1. The Balaban J connectivity index is 1.75. The van der Waals surface area contributed by atoms with Crippen molar-refractivity contribution >= 4 is 17.6 Å². The number of aromatic nitrogens is 2. The van der Waals surface area contributed by atoms with Crippen LogP contribution in [0.2, 0.25) is 0 Å². The van der Waals surface area contributed by atoms with Crippen molar-refractivity contribution in [3.8, 4) is 0 Å². The van der Waals surface area contributed by atoms with Gasteiger partial charge in [0, 0.05) is 25.1 Å². The average Bonchev–Trinajstić information content (AvgIpc) is 2.93. The van der Waals surface area contributed by atoms with Crippen LogP contribution in [-0.2, 0) is 22.6 Å². The van der Waals surface area contributed by atoms with E-state index in [1.165, 1.54) is 0 Å². The highest BCUT2D eigenvalue weighted by Crippen LogP contribution is 2.08. The molecule has 0 aliphatic carbocycles. The molecule has 2 aromatic rings. The molecule has 0 aliphatic rings. The molecule has 0 aliphatic heterocycles. The molecule has 0 bridgehead atoms. The van der Waals surface area contributed by atoms with Crippen LogP contribution >= 0.6 is 0 Å². The molecule has 0 saturated carbocycles. The smallest absolute Gasteiger partial charge is 0.224 e. The van der Waals surface area contributed by atoms with Crippen LogP contribution in [0, 0.1) is 0 Å². The van der Waals surface area contributed by atoms with E-state index in [4.69, 9.17) is 0 Å². The number of nitrogens with zero attached hydrogens (tertiary/aromatic N) is 2. The minimum Gasteiger partial charge on any atom is -0.550 e. The maximum atomic E-state index is 11.9. The average molecular weight is 300 g/mol. The number of carboxylic acids is 1. The van der Waals surface area contributed by atoms with Gasteiger partial charge >= 0.3 is 0 Å². The molecule has 0 spiro atoms. The topological polar surface area (TPSA) is 87.0 Å². The van der Waals surface area contributed by atoms with E-state index in [2.05, 4.69) is 10.4 Å². The number of anilines is 1. The van der Waals surface area contributed by atoms with E-state index in [-0.39, 0.29) is 12.3 Å². The van der Waals surface area contributed by atoms with Gasteiger partial charge in [0.25, 0.3) is 0 Å². The minimum atomic E-state index is -1.07. The number of carbonyl (C=O) groups excluding carboxylic acids is 2. The number of hydrogen-bond acceptors (Lipinski definition) is 4. The lowest BCUT2D eigenvalue weighted by molar-refractivity contribution is -0.305. The van der Waals surface area contributed by atoms with Crippen molar-refractivity contribution in [3.05, 3.63) is 48.3 Å². The summed E-state index contributed by atoms with van der Waals surface area (Å²) in [5.74, 6) is -1.14. The molecule has 0 fully saturated rings. The number of carboxylic acid groups (broad SMARTS) is 1. The SMILES string of the molecule is O=C([O-])CCCn1cc(NC(=O)CCc2ccccc2)cn1. The molecule has 116 valence electrons. The largest absolute Gasteiger partial charge is 0.550 e. The monoisotopic (exact) mass is 300 g/mol. The van der Waals surface area contributed by atoms with Crippen molar-refractivity contribution < 1.29 is 14.7 Å². The molecular weight excluding hydrogens is 282 g/mol. The van der Waals surface area contributed by atoms with Crippen LogP contribution in [0.3, 0.4) is 0 Å². The summed E-state index contributed by atoms with van der Waals surface area (Å²) in [6.07, 6.45) is 4.78. The highest BCUT2D eigenvalue weighted by molar-refractivity contribution is 5.90. The van der Waals surface area contributed by atoms with E-state index in [1.807, 2.05) is 30.3 Å². The zero-order chi connectivity index (χ0) is 15.8. The molecule has 0 radical (unpaired) electrons. The third-order valence-corrected chi connectivity index (χ3v) is 3.17. The Morgan fingerprint density at radius 2 is 1.95 bits per heavy atom. The molecule has 6 nitrogen and oxygen atoms in total. The first-order valence-corrected chi connectivity index (χ1v) is 7.19. The molecule has 6 heteroatoms. The lowest BCUT2D eigenvalue weighted by Gasteiger charge is -2.03. The molecule has 0 unspecified atom stereocenters. The highest BCUT2D eigenvalue weighted by atomic mass is 16.4. The van der Waals surface area contributed by atoms with Crippen molar-refractivity contribution in [2.75, 3.05) is 5.32 Å². The zero-order valence-corrected chi connectivity index (χ0v) is 12.2. The molecule has 1 aromatic carbocycles. The van der Waals surface area contributed by atoms with Crippen molar-refractivity contribution in [2.24, 2.45) is 0 Å². The Morgan fingerprint density at radius 3 is 2.68 bits per heavy atom. The van der Waals surface area contributed by atoms with Gasteiger partial charge in [-0.1, -0.05) is 30.3 Å². The van der Waals surface area contributed by atoms with Crippen LogP contribution in [0.5, 0.6) is 0 Å². The standard InChI is InChI=1S/C16H19N3O3/c20-15(9-8-13-5-2-1-3-6-13)18-14-11-17-19(12-14)10-4-7-16(21)22/h1-3,5-6,11-12H,4,7-10H2,(H,18,20)(H,21,22)/p-1. The number of rotatable bonds is 8. The zero-order valence-electron chi connectivity index (χ0n) is 12.2. The number of nitrogens with one attached hydrogen (secondary N) is 1. The normalized spacial score (nSPS) is 10.4. The Kier molecular flexibility index (Phi) is 5.71. The van der Waals surface area contributed by atoms with Crippen molar-refractivity contribution in [3.63, 3.8) is 0 Å². The van der Waals surface area contributed by atoms with Gasteiger partial charge < -0.3 is 15.2 Å². The Labute approximate surface area is 128 Å². The number of benzene rings is 1. The maximum absolute atomic E-state index is 11.9. The molecule has 22 heavy (non-hydrogen) atoms. The summed E-state index contributed by atoms with van der Waals surface area (Å²) in [6.45, 7) is 0.480. The summed E-state index contributed by atoms with van der Waals surface area (Å²) >= 11 is 0. The fourth-order valence-corrected chi connectivity index (χ4v) is 2.06. The van der Waals surface area contributed by atoms with Gasteiger partial charge in [0.15, 0.2) is 0 Å². The lowest BCUT2D eigenvalue weighted by Crippen LogP contribution is -2.22. The second kappa shape index (κ2) is 7.97. The molecule has 1 amide bonds. The molecule has 1 aromatic heterocycles. The summed E-state index contributed by atoms with van der Waals surface area (Å²) < 4.78 is 1.61. The predicted octanol–water partition coefficient (Wildman–Crippen LogP) is 0.984. The van der Waals surface area contributed by atoms with E-state index in [0.717, 1.165) is 5.56 Å². The summed E-state index contributed by atoms with van der Waals surface area (Å²) in [7, 11) is 0. The Morgan fingerprint density at radius 1 is 1.18 bits per heavy atom. The van der Waals surface area contributed by atoms with Gasteiger partial charge in [-0.2, -0.15) is 5.10 Å². The molecule has 0 saturated heterocycles. The van der Waals surface area contributed by atoms with Crippen LogP contribution in [0.4, 0.5) is 5.69 Å². The lowest BCUT2D eigenvalue weighted by atomic mass is 10.1. The third-order valence-electron chi connectivity index (χ3n) is 3.17. The summed E-state index contributed by atoms with van der Waals surface area (Å²) in [4.78, 5) is 22.2. The van der Waals surface area contributed by atoms with Crippen LogP contribution in [-0.4, -0.2) is 21.7 Å². The first-order chi connectivity index (χ1) is 10.6. The van der Waals surface area contributed by atoms with E-state index in [9.17, 15) is 14.7 Å². The Hall–Kier alpha value is -2.63. The van der Waals surface area contributed by atoms with Gasteiger partial charge in [-0.15, -0.1) is 0 Å². The van der Waals surface area contributed by atoms with Crippen LogP contribution in [0.1, 0.15) is 24.8 Å². The van der Waals surface area contributed by atoms with Crippen LogP contribution < -0.4 is 10.4 Å². The van der Waals surface area contributed by atoms with Crippen molar-refractivity contribution in [2.45, 2.75) is 32.2 Å². The first kappa shape index (κ1) is 15.8. The molecular formula is C16H18N3O3-. The van der Waals surface area contributed by atoms with Gasteiger partial charge in [-0.3, -0.25) is 9.48 Å². The summed E-state index contributed by atoms with van der Waals surface area (Å²) in [5.41, 5.74) is 1.74. The van der Waals surface area contributed by atoms with E-state index in [1.54, 1.807) is 17.1 Å². The second-order valence-electron chi connectivity index (χ2n) is 5.00. The van der Waals surface area contributed by atoms with Gasteiger partial charge in [0.05, 0.1) is 11.9 Å².